The van der Waals surface area contributed by atoms with E-state index in [0.717, 1.165) is 29.1 Å². The fourth-order valence-corrected chi connectivity index (χ4v) is 2.51. The van der Waals surface area contributed by atoms with Crippen LogP contribution in [0, 0.1) is 0 Å². The molecule has 110 valence electrons. The van der Waals surface area contributed by atoms with E-state index >= 15 is 0 Å². The predicted octanol–water partition coefficient (Wildman–Crippen LogP) is 1.31. The predicted molar refractivity (Wildman–Crippen MR) is 71.9 cm³/mol. The Balaban J connectivity index is 1.94. The minimum absolute atomic E-state index is 0.124. The fraction of sp³-hybridized carbons (Fsp3) is 0.643. The van der Waals surface area contributed by atoms with Crippen LogP contribution in [0.5, 0.6) is 0 Å². The number of rotatable bonds is 6. The van der Waals surface area contributed by atoms with Crippen molar-refractivity contribution in [3.05, 3.63) is 11.6 Å². The molecule has 4 amide bonds. The first-order valence-corrected chi connectivity index (χ1v) is 6.99. The molecule has 0 saturated carbocycles. The number of allylic oxidation sites excluding steroid dienone is 1. The van der Waals surface area contributed by atoms with Crippen molar-refractivity contribution in [3.63, 3.8) is 0 Å². The molecule has 1 heterocycles. The van der Waals surface area contributed by atoms with Crippen LogP contribution in [0.25, 0.3) is 0 Å². The zero-order chi connectivity index (χ0) is 14.5. The summed E-state index contributed by atoms with van der Waals surface area (Å²) in [7, 11) is 1.49. The third-order valence-corrected chi connectivity index (χ3v) is 3.70. The van der Waals surface area contributed by atoms with Crippen LogP contribution in [0.4, 0.5) is 4.79 Å². The number of imide groups is 2. The highest BCUT2D eigenvalue weighted by atomic mass is 16.5. The SMILES string of the molecule is COCCN1C(=O)C(=O)N(CCC2=CCCCC2)C1=O. The number of urea groups is 1. The van der Waals surface area contributed by atoms with Crippen molar-refractivity contribution in [2.24, 2.45) is 0 Å². The summed E-state index contributed by atoms with van der Waals surface area (Å²) in [6.45, 7) is 0.654. The van der Waals surface area contributed by atoms with Gasteiger partial charge in [0.1, 0.15) is 0 Å². The second kappa shape index (κ2) is 6.65. The van der Waals surface area contributed by atoms with E-state index in [0.29, 0.717) is 13.0 Å². The molecule has 1 aliphatic heterocycles. The molecule has 20 heavy (non-hydrogen) atoms. The summed E-state index contributed by atoms with van der Waals surface area (Å²) >= 11 is 0. The van der Waals surface area contributed by atoms with Gasteiger partial charge in [-0.3, -0.25) is 19.4 Å². The average molecular weight is 280 g/mol. The van der Waals surface area contributed by atoms with Crippen molar-refractivity contribution in [2.45, 2.75) is 32.1 Å². The van der Waals surface area contributed by atoms with Gasteiger partial charge < -0.3 is 4.74 Å². The summed E-state index contributed by atoms with van der Waals surface area (Å²) in [5.74, 6) is -1.47. The van der Waals surface area contributed by atoms with Gasteiger partial charge >= 0.3 is 17.8 Å². The van der Waals surface area contributed by atoms with E-state index in [1.54, 1.807) is 0 Å². The minimum atomic E-state index is -0.746. The first kappa shape index (κ1) is 14.7. The smallest absolute Gasteiger partial charge is 0.334 e. The Kier molecular flexibility index (Phi) is 4.89. The zero-order valence-electron chi connectivity index (χ0n) is 11.8. The zero-order valence-corrected chi connectivity index (χ0v) is 11.8. The lowest BCUT2D eigenvalue weighted by molar-refractivity contribution is -0.143. The number of hydrogen-bond donors (Lipinski definition) is 0. The first-order valence-electron chi connectivity index (χ1n) is 6.99. The summed E-state index contributed by atoms with van der Waals surface area (Å²) in [4.78, 5) is 37.6. The van der Waals surface area contributed by atoms with Crippen LogP contribution in [-0.2, 0) is 14.3 Å². The van der Waals surface area contributed by atoms with Gasteiger partial charge in [-0.15, -0.1) is 0 Å². The highest BCUT2D eigenvalue weighted by Crippen LogP contribution is 2.21. The van der Waals surface area contributed by atoms with E-state index in [2.05, 4.69) is 6.08 Å². The Morgan fingerprint density at radius 1 is 1.10 bits per heavy atom. The Hall–Kier alpha value is -1.69. The van der Waals surface area contributed by atoms with Crippen LogP contribution in [-0.4, -0.2) is 54.5 Å². The summed E-state index contributed by atoms with van der Waals surface area (Å²) in [5.41, 5.74) is 1.28. The molecule has 0 bridgehead atoms. The van der Waals surface area contributed by atoms with Gasteiger partial charge in [-0.05, 0) is 32.1 Å². The molecule has 0 aromatic carbocycles. The Morgan fingerprint density at radius 3 is 2.40 bits per heavy atom. The molecule has 6 heteroatoms. The van der Waals surface area contributed by atoms with Gasteiger partial charge in [0.2, 0.25) is 0 Å². The van der Waals surface area contributed by atoms with Crippen molar-refractivity contribution in [1.82, 2.24) is 9.80 Å². The van der Waals surface area contributed by atoms with Crippen molar-refractivity contribution >= 4 is 17.8 Å². The number of methoxy groups -OCH3 is 1. The normalized spacial score (nSPS) is 19.9. The van der Waals surface area contributed by atoms with Crippen LogP contribution in [0.2, 0.25) is 0 Å². The molecule has 1 saturated heterocycles. The van der Waals surface area contributed by atoms with E-state index < -0.39 is 17.8 Å². The van der Waals surface area contributed by atoms with Gasteiger partial charge in [-0.1, -0.05) is 11.6 Å². The van der Waals surface area contributed by atoms with Crippen LogP contribution in [0.15, 0.2) is 11.6 Å². The molecule has 2 rings (SSSR count). The van der Waals surface area contributed by atoms with Crippen LogP contribution >= 0.6 is 0 Å². The van der Waals surface area contributed by atoms with E-state index in [-0.39, 0.29) is 13.2 Å². The fourth-order valence-electron chi connectivity index (χ4n) is 2.51. The van der Waals surface area contributed by atoms with E-state index in [9.17, 15) is 14.4 Å². The van der Waals surface area contributed by atoms with E-state index in [1.807, 2.05) is 0 Å². The number of nitrogens with zero attached hydrogens (tertiary/aromatic N) is 2. The molecule has 6 nitrogen and oxygen atoms in total. The van der Waals surface area contributed by atoms with Gasteiger partial charge in [0, 0.05) is 13.7 Å². The van der Waals surface area contributed by atoms with Crippen molar-refractivity contribution in [1.29, 1.82) is 0 Å². The monoisotopic (exact) mass is 280 g/mol. The van der Waals surface area contributed by atoms with E-state index in [1.165, 1.54) is 19.1 Å². The first-order chi connectivity index (χ1) is 9.65. The minimum Gasteiger partial charge on any atom is -0.383 e. The maximum atomic E-state index is 12.0. The van der Waals surface area contributed by atoms with E-state index in [4.69, 9.17) is 4.74 Å². The van der Waals surface area contributed by atoms with Crippen molar-refractivity contribution in [2.75, 3.05) is 26.8 Å². The second-order valence-electron chi connectivity index (χ2n) is 5.05. The summed E-state index contributed by atoms with van der Waals surface area (Å²) in [6, 6.07) is -0.520. The van der Waals surface area contributed by atoms with Crippen molar-refractivity contribution < 1.29 is 19.1 Å². The molecule has 0 N–H and O–H groups in total. The molecule has 0 spiro atoms. The van der Waals surface area contributed by atoms with Gasteiger partial charge in [0.15, 0.2) is 0 Å². The quantitative estimate of drug-likeness (QED) is 0.418. The number of carbonyl (C=O) groups is 3. The molecule has 2 aliphatic rings. The topological polar surface area (TPSA) is 66.9 Å². The highest BCUT2D eigenvalue weighted by molar-refractivity contribution is 6.44. The van der Waals surface area contributed by atoms with Crippen LogP contribution in [0.3, 0.4) is 0 Å². The van der Waals surface area contributed by atoms with Crippen LogP contribution in [0.1, 0.15) is 32.1 Å². The maximum Gasteiger partial charge on any atom is 0.334 e. The largest absolute Gasteiger partial charge is 0.383 e. The summed E-state index contributed by atoms with van der Waals surface area (Å²) < 4.78 is 4.84. The number of ether oxygens (including phenoxy) is 1. The third kappa shape index (κ3) is 3.07. The third-order valence-electron chi connectivity index (χ3n) is 3.70. The Bertz CT molecular complexity index is 444. The summed E-state index contributed by atoms with van der Waals surface area (Å²) in [5, 5.41) is 0. The molecular weight excluding hydrogens is 260 g/mol. The lowest BCUT2D eigenvalue weighted by Gasteiger charge is -2.17. The number of hydrogen-bond acceptors (Lipinski definition) is 4. The Morgan fingerprint density at radius 2 is 1.80 bits per heavy atom. The van der Waals surface area contributed by atoms with Gasteiger partial charge in [-0.25, -0.2) is 4.79 Å². The molecule has 1 aliphatic carbocycles. The molecule has 0 radical (unpaired) electrons. The second-order valence-corrected chi connectivity index (χ2v) is 5.05. The Labute approximate surface area is 118 Å². The van der Waals surface area contributed by atoms with Gasteiger partial charge in [-0.2, -0.15) is 0 Å². The van der Waals surface area contributed by atoms with Crippen molar-refractivity contribution in [3.8, 4) is 0 Å². The summed E-state index contributed by atoms with van der Waals surface area (Å²) in [6.07, 6.45) is 7.30. The lowest BCUT2D eigenvalue weighted by Crippen LogP contribution is -2.36. The molecule has 1 fully saturated rings. The molecular formula is C14H20N2O4. The maximum absolute atomic E-state index is 12.0. The lowest BCUT2D eigenvalue weighted by atomic mass is 9.97. The standard InChI is InChI=1S/C14H20N2O4/c1-20-10-9-16-13(18)12(17)15(14(16)19)8-7-11-5-3-2-4-6-11/h5H,2-4,6-10H2,1H3. The average Bonchev–Trinajstić information content (AvgIpc) is 2.67. The molecule has 0 atom stereocenters. The number of amides is 4. The van der Waals surface area contributed by atoms with Gasteiger partial charge in [0.25, 0.3) is 0 Å². The molecule has 0 aromatic rings. The molecule has 0 unspecified atom stereocenters. The van der Waals surface area contributed by atoms with Gasteiger partial charge in [0.05, 0.1) is 13.2 Å². The number of carbonyl (C=O) groups excluding carboxylic acids is 3. The molecule has 0 aromatic heterocycles. The highest BCUT2D eigenvalue weighted by Gasteiger charge is 2.43. The van der Waals surface area contributed by atoms with Crippen LogP contribution < -0.4 is 0 Å².